The Kier molecular flexibility index (Phi) is 3.09. The molecule has 0 amide bonds. The predicted octanol–water partition coefficient (Wildman–Crippen LogP) is 1.64. The van der Waals surface area contributed by atoms with Gasteiger partial charge in [0.05, 0.1) is 0 Å². The molecule has 2 N–H and O–H groups in total. The number of nitrogens with one attached hydrogen (secondary N) is 1. The van der Waals surface area contributed by atoms with Gasteiger partial charge in [-0.05, 0) is 17.5 Å². The summed E-state index contributed by atoms with van der Waals surface area (Å²) in [5.41, 5.74) is 3.28. The van der Waals surface area contributed by atoms with Gasteiger partial charge < -0.3 is 10.1 Å². The second-order valence-electron chi connectivity index (χ2n) is 4.94. The van der Waals surface area contributed by atoms with E-state index in [0.717, 1.165) is 25.2 Å². The first kappa shape index (κ1) is 12.0. The Labute approximate surface area is 111 Å². The summed E-state index contributed by atoms with van der Waals surface area (Å²) in [5, 5.41) is 9.22. The molecule has 0 radical (unpaired) electrons. The number of aromatic hydroxyl groups is 1. The summed E-state index contributed by atoms with van der Waals surface area (Å²) in [5.74, 6) is -0.229. The van der Waals surface area contributed by atoms with Crippen molar-refractivity contribution in [2.45, 2.75) is 19.5 Å². The summed E-state index contributed by atoms with van der Waals surface area (Å²) < 4.78 is 0. The Bertz CT molecular complexity index is 649. The van der Waals surface area contributed by atoms with Crippen LogP contribution < -0.4 is 5.43 Å². The van der Waals surface area contributed by atoms with Crippen LogP contribution in [0.4, 0.5) is 0 Å². The maximum Gasteiger partial charge on any atom is 0.223 e. The van der Waals surface area contributed by atoms with Crippen LogP contribution in [0.5, 0.6) is 5.75 Å². The fourth-order valence-electron chi connectivity index (χ4n) is 2.53. The fraction of sp³-hybridized carbons (Fsp3) is 0.267. The van der Waals surface area contributed by atoms with Crippen LogP contribution in [0.2, 0.25) is 0 Å². The molecule has 4 heteroatoms. The second-order valence-corrected chi connectivity index (χ2v) is 4.94. The molecule has 0 unspecified atom stereocenters. The Morgan fingerprint density at radius 1 is 1.26 bits per heavy atom. The number of hydrogen-bond donors (Lipinski definition) is 2. The van der Waals surface area contributed by atoms with Gasteiger partial charge in [-0.2, -0.15) is 0 Å². The molecule has 1 aliphatic heterocycles. The van der Waals surface area contributed by atoms with Gasteiger partial charge in [-0.3, -0.25) is 9.69 Å². The molecule has 3 rings (SSSR count). The predicted molar refractivity (Wildman–Crippen MR) is 73.0 cm³/mol. The van der Waals surface area contributed by atoms with E-state index in [2.05, 4.69) is 34.1 Å². The van der Waals surface area contributed by atoms with Gasteiger partial charge in [-0.25, -0.2) is 0 Å². The molecular formula is C15H16N2O2. The van der Waals surface area contributed by atoms with Crippen molar-refractivity contribution >= 4 is 0 Å². The monoisotopic (exact) mass is 256 g/mol. The molecule has 0 saturated heterocycles. The van der Waals surface area contributed by atoms with Crippen LogP contribution in [-0.4, -0.2) is 21.5 Å². The van der Waals surface area contributed by atoms with Gasteiger partial charge in [0.15, 0.2) is 5.75 Å². The van der Waals surface area contributed by atoms with Gasteiger partial charge in [-0.1, -0.05) is 24.3 Å². The lowest BCUT2D eigenvalue weighted by Crippen LogP contribution is -2.30. The van der Waals surface area contributed by atoms with Crippen molar-refractivity contribution in [3.63, 3.8) is 0 Å². The topological polar surface area (TPSA) is 56.3 Å². The highest BCUT2D eigenvalue weighted by atomic mass is 16.3. The molecule has 0 saturated carbocycles. The van der Waals surface area contributed by atoms with Gasteiger partial charge in [0.2, 0.25) is 5.43 Å². The van der Waals surface area contributed by atoms with E-state index >= 15 is 0 Å². The quantitative estimate of drug-likeness (QED) is 0.858. The largest absolute Gasteiger partial charge is 0.503 e. The third-order valence-corrected chi connectivity index (χ3v) is 3.56. The first-order chi connectivity index (χ1) is 9.22. The van der Waals surface area contributed by atoms with E-state index in [9.17, 15) is 9.90 Å². The highest BCUT2D eigenvalue weighted by Crippen LogP contribution is 2.19. The number of rotatable bonds is 2. The van der Waals surface area contributed by atoms with Crippen molar-refractivity contribution in [2.24, 2.45) is 0 Å². The Morgan fingerprint density at radius 3 is 2.84 bits per heavy atom. The third-order valence-electron chi connectivity index (χ3n) is 3.56. The molecule has 98 valence electrons. The summed E-state index contributed by atoms with van der Waals surface area (Å²) in [7, 11) is 0. The molecule has 2 heterocycles. The zero-order valence-corrected chi connectivity index (χ0v) is 10.6. The number of fused-ring (bicyclic) bond motifs is 1. The van der Waals surface area contributed by atoms with Crippen LogP contribution in [0.15, 0.2) is 41.3 Å². The molecule has 2 aromatic rings. The number of nitrogens with zero attached hydrogens (tertiary/aromatic N) is 1. The maximum atomic E-state index is 11.4. The highest BCUT2D eigenvalue weighted by Gasteiger charge is 2.16. The number of aromatic nitrogens is 1. The van der Waals surface area contributed by atoms with E-state index in [0.29, 0.717) is 6.54 Å². The van der Waals surface area contributed by atoms with Gasteiger partial charge in [0.25, 0.3) is 0 Å². The summed E-state index contributed by atoms with van der Waals surface area (Å²) in [6.07, 6.45) is 2.40. The van der Waals surface area contributed by atoms with Crippen molar-refractivity contribution in [2.75, 3.05) is 6.54 Å². The van der Waals surface area contributed by atoms with E-state index in [1.807, 2.05) is 0 Å². The lowest BCUT2D eigenvalue weighted by atomic mass is 10.00. The van der Waals surface area contributed by atoms with E-state index < -0.39 is 0 Å². The summed E-state index contributed by atoms with van der Waals surface area (Å²) in [6.45, 7) is 2.59. The van der Waals surface area contributed by atoms with Crippen LogP contribution in [0, 0.1) is 0 Å². The number of H-pyrrole nitrogens is 1. The zero-order valence-electron chi connectivity index (χ0n) is 10.6. The van der Waals surface area contributed by atoms with Gasteiger partial charge in [0, 0.05) is 37.6 Å². The van der Waals surface area contributed by atoms with Crippen LogP contribution >= 0.6 is 0 Å². The van der Waals surface area contributed by atoms with E-state index in [1.54, 1.807) is 0 Å². The van der Waals surface area contributed by atoms with Gasteiger partial charge >= 0.3 is 0 Å². The van der Waals surface area contributed by atoms with Crippen LogP contribution in [0.25, 0.3) is 0 Å². The first-order valence-electron chi connectivity index (χ1n) is 6.42. The molecule has 1 aromatic carbocycles. The van der Waals surface area contributed by atoms with Crippen molar-refractivity contribution in [3.05, 3.63) is 63.6 Å². The van der Waals surface area contributed by atoms with Crippen molar-refractivity contribution in [1.82, 2.24) is 9.88 Å². The Hall–Kier alpha value is -2.07. The van der Waals surface area contributed by atoms with Crippen LogP contribution in [-0.2, 0) is 19.5 Å². The van der Waals surface area contributed by atoms with Crippen LogP contribution in [0.3, 0.4) is 0 Å². The Balaban J connectivity index is 1.75. The molecule has 19 heavy (non-hydrogen) atoms. The molecule has 1 aromatic heterocycles. The number of benzene rings is 1. The molecule has 4 nitrogen and oxygen atoms in total. The van der Waals surface area contributed by atoms with E-state index in [1.165, 1.54) is 23.4 Å². The lowest BCUT2D eigenvalue weighted by Gasteiger charge is -2.28. The molecule has 0 aliphatic carbocycles. The van der Waals surface area contributed by atoms with Crippen molar-refractivity contribution < 1.29 is 5.11 Å². The highest BCUT2D eigenvalue weighted by molar-refractivity contribution is 5.29. The molecule has 0 bridgehead atoms. The molecule has 0 spiro atoms. The summed E-state index contributed by atoms with van der Waals surface area (Å²) in [4.78, 5) is 16.6. The minimum absolute atomic E-state index is 0.229. The molecule has 0 atom stereocenters. The Morgan fingerprint density at radius 2 is 2.05 bits per heavy atom. The van der Waals surface area contributed by atoms with Crippen molar-refractivity contribution in [3.8, 4) is 5.75 Å². The number of hydrogen-bond acceptors (Lipinski definition) is 3. The summed E-state index contributed by atoms with van der Waals surface area (Å²) >= 11 is 0. The summed E-state index contributed by atoms with van der Waals surface area (Å²) in [6, 6.07) is 9.93. The maximum absolute atomic E-state index is 11.4. The first-order valence-corrected chi connectivity index (χ1v) is 6.42. The molecule has 1 aliphatic rings. The average molecular weight is 256 g/mol. The second kappa shape index (κ2) is 4.90. The molecular weight excluding hydrogens is 240 g/mol. The zero-order chi connectivity index (χ0) is 13.2. The van der Waals surface area contributed by atoms with E-state index in [-0.39, 0.29) is 11.2 Å². The minimum atomic E-state index is -0.328. The fourth-order valence-corrected chi connectivity index (χ4v) is 2.53. The third kappa shape index (κ3) is 2.53. The minimum Gasteiger partial charge on any atom is -0.503 e. The van der Waals surface area contributed by atoms with Crippen molar-refractivity contribution in [1.29, 1.82) is 0 Å². The normalized spacial score (nSPS) is 15.2. The standard InChI is InChI=1S/C15H16N2O2/c18-14-7-13(16-8-15(14)19)10-17-6-5-11-3-1-2-4-12(11)9-17/h1-4,7-8,19H,5-6,9-10H2,(H,16,18). The van der Waals surface area contributed by atoms with Crippen LogP contribution in [0.1, 0.15) is 16.8 Å². The number of aromatic amines is 1. The van der Waals surface area contributed by atoms with E-state index in [4.69, 9.17) is 0 Å². The van der Waals surface area contributed by atoms with Gasteiger partial charge in [-0.15, -0.1) is 0 Å². The lowest BCUT2D eigenvalue weighted by molar-refractivity contribution is 0.242. The SMILES string of the molecule is O=c1cc(CN2CCc3ccccc3C2)[nH]cc1O. The average Bonchev–Trinajstić information content (AvgIpc) is 2.43. The number of pyridine rings is 1. The van der Waals surface area contributed by atoms with Gasteiger partial charge in [0.1, 0.15) is 0 Å². The molecule has 0 fully saturated rings. The smallest absolute Gasteiger partial charge is 0.223 e.